The fourth-order valence-electron chi connectivity index (χ4n) is 1.12. The summed E-state index contributed by atoms with van der Waals surface area (Å²) < 4.78 is 0. The van der Waals surface area contributed by atoms with Gasteiger partial charge in [-0.3, -0.25) is 14.9 Å². The largest absolute Gasteiger partial charge is 0.296 e. The Kier molecular flexibility index (Phi) is 1.31. The minimum Gasteiger partial charge on any atom is -0.296 e. The summed E-state index contributed by atoms with van der Waals surface area (Å²) in [6, 6.07) is 1.79. The van der Waals surface area contributed by atoms with Crippen molar-refractivity contribution in [3.05, 3.63) is 18.0 Å². The lowest BCUT2D eigenvalue weighted by Crippen LogP contribution is -2.10. The first-order valence-electron chi connectivity index (χ1n) is 3.40. The zero-order valence-electron chi connectivity index (χ0n) is 5.82. The van der Waals surface area contributed by atoms with Crippen molar-refractivity contribution in [1.29, 1.82) is 0 Å². The van der Waals surface area contributed by atoms with Gasteiger partial charge in [-0.15, -0.1) is 0 Å². The van der Waals surface area contributed by atoms with Crippen molar-refractivity contribution in [2.45, 2.75) is 5.92 Å². The first-order valence-corrected chi connectivity index (χ1v) is 3.40. The molecule has 0 saturated heterocycles. The second kappa shape index (κ2) is 2.30. The predicted octanol–water partition coefficient (Wildman–Crippen LogP) is 0.147. The fraction of sp³-hybridized carbons (Fsp3) is 0.286. The number of nitrogens with one attached hydrogen (secondary N) is 1. The molecule has 0 bridgehead atoms. The molecule has 0 spiro atoms. The van der Waals surface area contributed by atoms with Crippen LogP contribution in [0.5, 0.6) is 0 Å². The molecular formula is C7H7N3O. The molecule has 4 heteroatoms. The van der Waals surface area contributed by atoms with Gasteiger partial charge in [-0.05, 0) is 6.07 Å². The second-order valence-corrected chi connectivity index (χ2v) is 2.43. The van der Waals surface area contributed by atoms with Gasteiger partial charge in [-0.2, -0.15) is 5.10 Å². The van der Waals surface area contributed by atoms with Gasteiger partial charge >= 0.3 is 0 Å². The maximum atomic E-state index is 11.1. The quantitative estimate of drug-likeness (QED) is 0.617. The Morgan fingerprint density at radius 1 is 1.64 bits per heavy atom. The van der Waals surface area contributed by atoms with Crippen LogP contribution in [0.1, 0.15) is 11.6 Å². The first-order chi connectivity index (χ1) is 5.38. The molecule has 4 nitrogen and oxygen atoms in total. The van der Waals surface area contributed by atoms with E-state index in [9.17, 15) is 4.79 Å². The molecule has 1 N–H and O–H groups in total. The van der Waals surface area contributed by atoms with Gasteiger partial charge in [0.2, 0.25) is 0 Å². The molecule has 0 fully saturated rings. The van der Waals surface area contributed by atoms with Gasteiger partial charge in [-0.25, -0.2) is 0 Å². The summed E-state index contributed by atoms with van der Waals surface area (Å²) in [4.78, 5) is 15.0. The molecule has 2 rings (SSSR count). The van der Waals surface area contributed by atoms with Crippen molar-refractivity contribution in [3.8, 4) is 0 Å². The van der Waals surface area contributed by atoms with Crippen LogP contribution in [0.4, 0.5) is 0 Å². The number of ketones is 1. The Bertz CT molecular complexity index is 289. The number of Topliss-reactive ketones (excluding diaryl/α,β-unsaturated/α-hetero) is 1. The van der Waals surface area contributed by atoms with Crippen LogP contribution in [0.25, 0.3) is 0 Å². The highest BCUT2D eigenvalue weighted by Crippen LogP contribution is 2.15. The molecule has 0 radical (unpaired) electrons. The first kappa shape index (κ1) is 6.27. The fourth-order valence-corrected chi connectivity index (χ4v) is 1.12. The normalized spacial score (nSPS) is 22.9. The van der Waals surface area contributed by atoms with E-state index in [1.165, 1.54) is 0 Å². The van der Waals surface area contributed by atoms with Crippen molar-refractivity contribution in [1.82, 2.24) is 10.2 Å². The summed E-state index contributed by atoms with van der Waals surface area (Å²) in [7, 11) is 0. The van der Waals surface area contributed by atoms with E-state index in [1.54, 1.807) is 18.5 Å². The molecule has 11 heavy (non-hydrogen) atoms. The Hall–Kier alpha value is -1.45. The molecular weight excluding hydrogens is 142 g/mol. The molecule has 56 valence electrons. The van der Waals surface area contributed by atoms with E-state index in [4.69, 9.17) is 0 Å². The van der Waals surface area contributed by atoms with Crippen LogP contribution in [0.3, 0.4) is 0 Å². The summed E-state index contributed by atoms with van der Waals surface area (Å²) in [5, 5.41) is 6.57. The SMILES string of the molecule is O=C1CN=CC1c1cc[nH]n1. The lowest BCUT2D eigenvalue weighted by Gasteiger charge is -1.97. The summed E-state index contributed by atoms with van der Waals surface area (Å²) in [6.07, 6.45) is 3.35. The zero-order valence-corrected chi connectivity index (χ0v) is 5.82. The monoisotopic (exact) mass is 149 g/mol. The number of hydrogen-bond donors (Lipinski definition) is 1. The van der Waals surface area contributed by atoms with Crippen LogP contribution >= 0.6 is 0 Å². The van der Waals surface area contributed by atoms with E-state index < -0.39 is 0 Å². The summed E-state index contributed by atoms with van der Waals surface area (Å²) >= 11 is 0. The van der Waals surface area contributed by atoms with E-state index in [0.717, 1.165) is 5.69 Å². The molecule has 1 aliphatic rings. The van der Waals surface area contributed by atoms with Crippen molar-refractivity contribution < 1.29 is 4.79 Å². The maximum Gasteiger partial charge on any atom is 0.168 e. The standard InChI is InChI=1S/C7H7N3O/c11-7-4-8-3-5(7)6-1-2-9-10-6/h1-3,5H,4H2,(H,9,10). The molecule has 0 amide bonds. The zero-order chi connectivity index (χ0) is 7.68. The second-order valence-electron chi connectivity index (χ2n) is 2.43. The van der Waals surface area contributed by atoms with Crippen LogP contribution in [0.2, 0.25) is 0 Å². The van der Waals surface area contributed by atoms with Gasteiger partial charge < -0.3 is 0 Å². The van der Waals surface area contributed by atoms with Gasteiger partial charge in [0.15, 0.2) is 5.78 Å². The van der Waals surface area contributed by atoms with Crippen molar-refractivity contribution in [2.75, 3.05) is 6.54 Å². The van der Waals surface area contributed by atoms with Gasteiger partial charge in [0.25, 0.3) is 0 Å². The number of nitrogens with zero attached hydrogens (tertiary/aromatic N) is 2. The van der Waals surface area contributed by atoms with Crippen molar-refractivity contribution in [3.63, 3.8) is 0 Å². The average molecular weight is 149 g/mol. The third-order valence-electron chi connectivity index (χ3n) is 1.69. The van der Waals surface area contributed by atoms with E-state index in [1.807, 2.05) is 0 Å². The van der Waals surface area contributed by atoms with Gasteiger partial charge in [-0.1, -0.05) is 0 Å². The topological polar surface area (TPSA) is 58.1 Å². The Morgan fingerprint density at radius 3 is 3.09 bits per heavy atom. The molecule has 1 atom stereocenters. The lowest BCUT2D eigenvalue weighted by atomic mass is 10.0. The molecule has 1 aliphatic heterocycles. The number of aromatic amines is 1. The highest BCUT2D eigenvalue weighted by molar-refractivity contribution is 6.05. The number of carbonyl (C=O) groups excluding carboxylic acids is 1. The number of aliphatic imine (C=N–C) groups is 1. The van der Waals surface area contributed by atoms with Crippen molar-refractivity contribution >= 4 is 12.0 Å². The molecule has 2 heterocycles. The lowest BCUT2D eigenvalue weighted by molar-refractivity contribution is -0.117. The van der Waals surface area contributed by atoms with Crippen LogP contribution in [0, 0.1) is 0 Å². The van der Waals surface area contributed by atoms with Gasteiger partial charge in [0.05, 0.1) is 18.2 Å². The van der Waals surface area contributed by atoms with E-state index in [0.29, 0.717) is 6.54 Å². The Morgan fingerprint density at radius 2 is 2.55 bits per heavy atom. The number of hydrogen-bond acceptors (Lipinski definition) is 3. The molecule has 0 aliphatic carbocycles. The highest BCUT2D eigenvalue weighted by Gasteiger charge is 2.23. The number of rotatable bonds is 1. The number of carbonyl (C=O) groups is 1. The van der Waals surface area contributed by atoms with E-state index in [-0.39, 0.29) is 11.7 Å². The van der Waals surface area contributed by atoms with Crippen LogP contribution in [-0.2, 0) is 4.79 Å². The third kappa shape index (κ3) is 0.960. The van der Waals surface area contributed by atoms with E-state index in [2.05, 4.69) is 15.2 Å². The summed E-state index contributed by atoms with van der Waals surface area (Å²) in [5.41, 5.74) is 0.760. The predicted molar refractivity (Wildman–Crippen MR) is 39.7 cm³/mol. The minimum atomic E-state index is -0.207. The number of aromatic nitrogens is 2. The molecule has 1 aromatic rings. The Balaban J connectivity index is 2.30. The highest BCUT2D eigenvalue weighted by atomic mass is 16.1. The minimum absolute atomic E-state index is 0.122. The Labute approximate surface area is 63.3 Å². The molecule has 1 unspecified atom stereocenters. The average Bonchev–Trinajstić information content (AvgIpc) is 2.55. The number of H-pyrrole nitrogens is 1. The van der Waals surface area contributed by atoms with Crippen LogP contribution in [-0.4, -0.2) is 28.7 Å². The van der Waals surface area contributed by atoms with Crippen LogP contribution < -0.4 is 0 Å². The molecule has 1 aromatic heterocycles. The van der Waals surface area contributed by atoms with Crippen LogP contribution in [0.15, 0.2) is 17.3 Å². The van der Waals surface area contributed by atoms with E-state index >= 15 is 0 Å². The summed E-state index contributed by atoms with van der Waals surface area (Å²) in [5.74, 6) is -0.0849. The third-order valence-corrected chi connectivity index (χ3v) is 1.69. The maximum absolute atomic E-state index is 11.1. The van der Waals surface area contributed by atoms with Gasteiger partial charge in [0, 0.05) is 12.4 Å². The summed E-state index contributed by atoms with van der Waals surface area (Å²) in [6.45, 7) is 0.303. The smallest absolute Gasteiger partial charge is 0.168 e. The molecule has 0 aromatic carbocycles. The molecule has 0 saturated carbocycles. The van der Waals surface area contributed by atoms with Crippen molar-refractivity contribution in [2.24, 2.45) is 4.99 Å². The van der Waals surface area contributed by atoms with Gasteiger partial charge in [0.1, 0.15) is 0 Å².